The van der Waals surface area contributed by atoms with Crippen molar-refractivity contribution in [3.63, 3.8) is 0 Å². The molecule has 1 aromatic heterocycles. The summed E-state index contributed by atoms with van der Waals surface area (Å²) in [6.45, 7) is 3.33. The summed E-state index contributed by atoms with van der Waals surface area (Å²) in [5.41, 5.74) is 2.63. The van der Waals surface area contributed by atoms with Crippen molar-refractivity contribution in [2.75, 3.05) is 39.2 Å². The number of anilines is 1. The van der Waals surface area contributed by atoms with Crippen LogP contribution in [0.1, 0.15) is 17.7 Å². The van der Waals surface area contributed by atoms with E-state index in [0.717, 1.165) is 35.7 Å². The number of β-amino-alcohol motifs (C(OH)–C–C–N with tert-alkyl or cyclic N) is 1. The van der Waals surface area contributed by atoms with Crippen LogP contribution in [-0.4, -0.2) is 55.4 Å². The molecule has 2 aromatic rings. The van der Waals surface area contributed by atoms with E-state index in [1.54, 1.807) is 13.3 Å². The Morgan fingerprint density at radius 2 is 1.96 bits per heavy atom. The Kier molecular flexibility index (Phi) is 4.97. The fraction of sp³-hybridized carbons (Fsp3) is 0.450. The number of pyridine rings is 1. The van der Waals surface area contributed by atoms with E-state index in [2.05, 4.69) is 26.9 Å². The lowest BCUT2D eigenvalue weighted by atomic mass is 9.77. The summed E-state index contributed by atoms with van der Waals surface area (Å²) < 4.78 is 5.55. The van der Waals surface area contributed by atoms with Gasteiger partial charge < -0.3 is 14.7 Å². The van der Waals surface area contributed by atoms with Gasteiger partial charge in [0.25, 0.3) is 0 Å². The summed E-state index contributed by atoms with van der Waals surface area (Å²) in [4.78, 5) is 8.66. The zero-order valence-electron chi connectivity index (χ0n) is 15.4. The Morgan fingerprint density at radius 3 is 2.56 bits per heavy atom. The van der Waals surface area contributed by atoms with Crippen LogP contribution in [0.15, 0.2) is 42.6 Å². The molecule has 25 heavy (non-hydrogen) atoms. The van der Waals surface area contributed by atoms with Crippen molar-refractivity contribution in [2.45, 2.75) is 25.0 Å². The van der Waals surface area contributed by atoms with Crippen LogP contribution in [0, 0.1) is 6.92 Å². The van der Waals surface area contributed by atoms with Gasteiger partial charge in [-0.3, -0.25) is 9.88 Å². The molecule has 0 spiro atoms. The summed E-state index contributed by atoms with van der Waals surface area (Å²) in [6, 6.07) is 12.3. The van der Waals surface area contributed by atoms with Crippen LogP contribution in [0.3, 0.4) is 0 Å². The Morgan fingerprint density at radius 1 is 1.24 bits per heavy atom. The van der Waals surface area contributed by atoms with Gasteiger partial charge in [0.15, 0.2) is 5.75 Å². The van der Waals surface area contributed by atoms with Crippen LogP contribution in [0.4, 0.5) is 5.69 Å². The first-order valence-electron chi connectivity index (χ1n) is 8.66. The Balaban J connectivity index is 1.93. The third-order valence-electron chi connectivity index (χ3n) is 5.39. The number of aliphatic hydroxyl groups is 1. The lowest BCUT2D eigenvalue weighted by Gasteiger charge is -2.50. The maximum Gasteiger partial charge on any atom is 0.163 e. The van der Waals surface area contributed by atoms with Crippen LogP contribution < -0.4 is 9.64 Å². The molecule has 1 fully saturated rings. The first-order chi connectivity index (χ1) is 12.0. The fourth-order valence-corrected chi connectivity index (χ4v) is 4.03. The number of ether oxygens (including phenoxy) is 1. The number of methoxy groups -OCH3 is 1. The van der Waals surface area contributed by atoms with Crippen LogP contribution >= 0.6 is 0 Å². The molecule has 0 aliphatic carbocycles. The lowest BCUT2D eigenvalue weighted by Crippen LogP contribution is -2.60. The van der Waals surface area contributed by atoms with Gasteiger partial charge >= 0.3 is 0 Å². The second-order valence-electron chi connectivity index (χ2n) is 6.85. The third kappa shape index (κ3) is 2.98. The number of aromatic nitrogens is 1. The van der Waals surface area contributed by atoms with Crippen molar-refractivity contribution in [2.24, 2.45) is 0 Å². The molecule has 134 valence electrons. The van der Waals surface area contributed by atoms with Crippen LogP contribution in [0.2, 0.25) is 0 Å². The van der Waals surface area contributed by atoms with Gasteiger partial charge in [-0.2, -0.15) is 0 Å². The molecule has 1 aromatic carbocycles. The number of likely N-dealkylation sites (N-methyl/N-ethyl adjacent to an activating group) is 1. The van der Waals surface area contributed by atoms with Gasteiger partial charge in [0, 0.05) is 19.3 Å². The van der Waals surface area contributed by atoms with Crippen molar-refractivity contribution < 1.29 is 9.84 Å². The van der Waals surface area contributed by atoms with Crippen molar-refractivity contribution >= 4 is 5.69 Å². The maximum atomic E-state index is 11.2. The summed E-state index contributed by atoms with van der Waals surface area (Å²) >= 11 is 0. The summed E-state index contributed by atoms with van der Waals surface area (Å²) in [5.74, 6) is 0.784. The zero-order chi connectivity index (χ0) is 18.0. The molecule has 1 saturated heterocycles. The zero-order valence-corrected chi connectivity index (χ0v) is 15.4. The van der Waals surface area contributed by atoms with Crippen molar-refractivity contribution in [1.29, 1.82) is 0 Å². The molecule has 0 unspecified atom stereocenters. The van der Waals surface area contributed by atoms with Crippen LogP contribution in [0.25, 0.3) is 0 Å². The van der Waals surface area contributed by atoms with Gasteiger partial charge in [-0.1, -0.05) is 30.3 Å². The molecular formula is C20H27N3O2. The summed E-state index contributed by atoms with van der Waals surface area (Å²) in [6.07, 6.45) is 2.11. The topological polar surface area (TPSA) is 48.8 Å². The Bertz CT molecular complexity index is 720. The number of aliphatic hydroxyl groups excluding tert-OH is 1. The molecule has 1 aliphatic rings. The highest BCUT2D eigenvalue weighted by molar-refractivity contribution is 5.60. The number of nitrogens with zero attached hydrogens (tertiary/aromatic N) is 3. The highest BCUT2D eigenvalue weighted by Crippen LogP contribution is 2.40. The van der Waals surface area contributed by atoms with Gasteiger partial charge in [0.05, 0.1) is 30.1 Å². The quantitative estimate of drug-likeness (QED) is 0.926. The van der Waals surface area contributed by atoms with Crippen molar-refractivity contribution in [1.82, 2.24) is 9.88 Å². The van der Waals surface area contributed by atoms with E-state index >= 15 is 0 Å². The van der Waals surface area contributed by atoms with E-state index in [4.69, 9.17) is 4.74 Å². The molecule has 0 radical (unpaired) electrons. The Labute approximate surface area is 149 Å². The molecular weight excluding hydrogens is 314 g/mol. The van der Waals surface area contributed by atoms with E-state index in [9.17, 15) is 5.11 Å². The van der Waals surface area contributed by atoms with E-state index in [1.165, 1.54) is 0 Å². The van der Waals surface area contributed by atoms with E-state index in [-0.39, 0.29) is 5.54 Å². The van der Waals surface area contributed by atoms with Crippen molar-refractivity contribution in [3.8, 4) is 5.75 Å². The standard InChI is InChI=1S/C20H27N3O2/c1-15-19(25-4)17(10-12-21-15)23-13-11-20(22(2)3,18(24)14-23)16-8-6-5-7-9-16/h5-10,12,18,24H,11,13-14H2,1-4H3/t18-,20+/m1/s1. The van der Waals surface area contributed by atoms with Crippen LogP contribution in [0.5, 0.6) is 5.75 Å². The smallest absolute Gasteiger partial charge is 0.163 e. The van der Waals surface area contributed by atoms with Gasteiger partial charge in [-0.25, -0.2) is 0 Å². The summed E-state index contributed by atoms with van der Waals surface area (Å²) in [7, 11) is 5.76. The van der Waals surface area contributed by atoms with E-state index in [1.807, 2.05) is 45.3 Å². The fourth-order valence-electron chi connectivity index (χ4n) is 4.03. The van der Waals surface area contributed by atoms with Crippen LogP contribution in [-0.2, 0) is 5.54 Å². The molecule has 2 atom stereocenters. The monoisotopic (exact) mass is 341 g/mol. The highest BCUT2D eigenvalue weighted by Gasteiger charge is 2.45. The third-order valence-corrected chi connectivity index (χ3v) is 5.39. The van der Waals surface area contributed by atoms with E-state index < -0.39 is 6.10 Å². The minimum Gasteiger partial charge on any atom is -0.493 e. The number of hydrogen-bond donors (Lipinski definition) is 1. The number of rotatable bonds is 4. The molecule has 0 amide bonds. The largest absolute Gasteiger partial charge is 0.493 e. The van der Waals surface area contributed by atoms with Gasteiger partial charge in [0.2, 0.25) is 0 Å². The lowest BCUT2D eigenvalue weighted by molar-refractivity contribution is -0.0246. The first kappa shape index (κ1) is 17.7. The van der Waals surface area contributed by atoms with Gasteiger partial charge in [-0.15, -0.1) is 0 Å². The SMILES string of the molecule is COc1c(N2CC[C@@](c3ccccc3)(N(C)C)[C@H](O)C2)ccnc1C. The first-order valence-corrected chi connectivity index (χ1v) is 8.66. The number of aryl methyl sites for hydroxylation is 1. The Hall–Kier alpha value is -2.11. The van der Waals surface area contributed by atoms with E-state index in [0.29, 0.717) is 6.54 Å². The van der Waals surface area contributed by atoms with Crippen molar-refractivity contribution in [3.05, 3.63) is 53.9 Å². The number of benzene rings is 1. The molecule has 1 aliphatic heterocycles. The number of piperidine rings is 1. The molecule has 5 heteroatoms. The highest BCUT2D eigenvalue weighted by atomic mass is 16.5. The second kappa shape index (κ2) is 7.02. The minimum atomic E-state index is -0.517. The minimum absolute atomic E-state index is 0.382. The molecule has 0 bridgehead atoms. The summed E-state index contributed by atoms with van der Waals surface area (Å²) in [5, 5.41) is 11.2. The predicted molar refractivity (Wildman–Crippen MR) is 100 cm³/mol. The molecule has 5 nitrogen and oxygen atoms in total. The normalized spacial score (nSPS) is 23.8. The van der Waals surface area contributed by atoms with Gasteiger partial charge in [0.1, 0.15) is 0 Å². The second-order valence-corrected chi connectivity index (χ2v) is 6.85. The molecule has 0 saturated carbocycles. The average Bonchev–Trinajstić information content (AvgIpc) is 2.62. The molecule has 1 N–H and O–H groups in total. The molecule has 3 rings (SSSR count). The predicted octanol–water partition coefficient (Wildman–Crippen LogP) is 2.43. The number of hydrogen-bond acceptors (Lipinski definition) is 5. The average molecular weight is 341 g/mol. The van der Waals surface area contributed by atoms with Gasteiger partial charge in [-0.05, 0) is 39.1 Å². The maximum absolute atomic E-state index is 11.2. The molecule has 2 heterocycles.